The van der Waals surface area contributed by atoms with Gasteiger partial charge in [0, 0.05) is 18.2 Å². The molecule has 0 radical (unpaired) electrons. The maximum atomic E-state index is 12.6. The van der Waals surface area contributed by atoms with Gasteiger partial charge in [-0.2, -0.15) is 0 Å². The van der Waals surface area contributed by atoms with Crippen LogP contribution in [0.25, 0.3) is 0 Å². The van der Waals surface area contributed by atoms with Crippen molar-refractivity contribution < 1.29 is 15.0 Å². The molecule has 0 heterocycles. The fourth-order valence-corrected chi connectivity index (χ4v) is 2.34. The van der Waals surface area contributed by atoms with Crippen molar-refractivity contribution in [3.8, 4) is 11.5 Å². The van der Waals surface area contributed by atoms with Crippen LogP contribution in [0.1, 0.15) is 50.9 Å². The highest BCUT2D eigenvalue weighted by Gasteiger charge is 2.23. The van der Waals surface area contributed by atoms with Gasteiger partial charge in [0.2, 0.25) is 0 Å². The van der Waals surface area contributed by atoms with Crippen LogP contribution in [0.15, 0.2) is 18.2 Å². The molecule has 0 saturated heterocycles. The van der Waals surface area contributed by atoms with Gasteiger partial charge in [-0.05, 0) is 37.0 Å². The lowest BCUT2D eigenvalue weighted by atomic mass is 10.0. The number of aromatic hydroxyl groups is 2. The largest absolute Gasteiger partial charge is 0.504 e. The van der Waals surface area contributed by atoms with E-state index in [1.807, 2.05) is 4.90 Å². The fraction of sp³-hybridized carbons (Fsp3) is 0.562. The van der Waals surface area contributed by atoms with Gasteiger partial charge in [0.05, 0.1) is 0 Å². The molecule has 1 rings (SSSR count). The molecule has 0 bridgehead atoms. The molecule has 1 amide bonds. The highest BCUT2D eigenvalue weighted by Crippen LogP contribution is 2.26. The Morgan fingerprint density at radius 1 is 1.15 bits per heavy atom. The number of hydrogen-bond acceptors (Lipinski definition) is 3. The standard InChI is InChI=1S/C16H25NO3/c1-5-13(6-2)17(10-11(3)4)16(20)12-7-8-14(18)15(19)9-12/h7-9,11,13,18-19H,5-6,10H2,1-4H3. The molecule has 0 aromatic heterocycles. The van der Waals surface area contributed by atoms with Gasteiger partial charge in [0.15, 0.2) is 11.5 Å². The van der Waals surface area contributed by atoms with Crippen molar-refractivity contribution in [1.29, 1.82) is 0 Å². The van der Waals surface area contributed by atoms with Gasteiger partial charge >= 0.3 is 0 Å². The smallest absolute Gasteiger partial charge is 0.254 e. The van der Waals surface area contributed by atoms with E-state index in [9.17, 15) is 15.0 Å². The van der Waals surface area contributed by atoms with E-state index in [1.165, 1.54) is 12.1 Å². The number of carbonyl (C=O) groups excluding carboxylic acids is 1. The minimum atomic E-state index is -0.259. The van der Waals surface area contributed by atoms with E-state index in [-0.39, 0.29) is 23.4 Å². The molecule has 0 aliphatic heterocycles. The molecule has 4 heteroatoms. The molecule has 0 saturated carbocycles. The molecule has 0 aliphatic carbocycles. The predicted octanol–water partition coefficient (Wildman–Crippen LogP) is 3.38. The summed E-state index contributed by atoms with van der Waals surface area (Å²) in [5.74, 6) is -0.183. The number of phenolic OH excluding ortho intramolecular Hbond substituents is 2. The van der Waals surface area contributed by atoms with Crippen molar-refractivity contribution in [2.24, 2.45) is 5.92 Å². The van der Waals surface area contributed by atoms with Gasteiger partial charge in [-0.3, -0.25) is 4.79 Å². The number of carbonyl (C=O) groups is 1. The number of amides is 1. The molecule has 20 heavy (non-hydrogen) atoms. The average Bonchev–Trinajstić information content (AvgIpc) is 2.41. The Bertz CT molecular complexity index is 453. The van der Waals surface area contributed by atoms with Gasteiger partial charge in [0.25, 0.3) is 5.91 Å². The van der Waals surface area contributed by atoms with Gasteiger partial charge in [-0.25, -0.2) is 0 Å². The van der Waals surface area contributed by atoms with E-state index in [1.54, 1.807) is 6.07 Å². The minimum Gasteiger partial charge on any atom is -0.504 e. The zero-order chi connectivity index (χ0) is 15.3. The summed E-state index contributed by atoms with van der Waals surface area (Å²) in [6.45, 7) is 8.99. The predicted molar refractivity (Wildman–Crippen MR) is 80.0 cm³/mol. The summed E-state index contributed by atoms with van der Waals surface area (Å²) in [6.07, 6.45) is 1.80. The monoisotopic (exact) mass is 279 g/mol. The summed E-state index contributed by atoms with van der Waals surface area (Å²) < 4.78 is 0. The molecule has 1 aromatic rings. The van der Waals surface area contributed by atoms with Crippen molar-refractivity contribution in [2.45, 2.75) is 46.6 Å². The lowest BCUT2D eigenvalue weighted by molar-refractivity contribution is 0.0640. The molecule has 0 atom stereocenters. The Morgan fingerprint density at radius 3 is 2.20 bits per heavy atom. The number of benzene rings is 1. The van der Waals surface area contributed by atoms with Crippen LogP contribution in [-0.4, -0.2) is 33.6 Å². The first-order valence-corrected chi connectivity index (χ1v) is 7.23. The molecule has 112 valence electrons. The summed E-state index contributed by atoms with van der Waals surface area (Å²) in [5, 5.41) is 18.9. The Morgan fingerprint density at radius 2 is 1.75 bits per heavy atom. The van der Waals surface area contributed by atoms with Crippen molar-refractivity contribution in [1.82, 2.24) is 4.90 Å². The highest BCUT2D eigenvalue weighted by atomic mass is 16.3. The molecule has 2 N–H and O–H groups in total. The third-order valence-electron chi connectivity index (χ3n) is 3.43. The topological polar surface area (TPSA) is 60.8 Å². The molecule has 0 fully saturated rings. The second kappa shape index (κ2) is 7.17. The van der Waals surface area contributed by atoms with Crippen LogP contribution in [0.3, 0.4) is 0 Å². The Hall–Kier alpha value is -1.71. The summed E-state index contributed by atoms with van der Waals surface area (Å²) in [7, 11) is 0. The van der Waals surface area contributed by atoms with Crippen molar-refractivity contribution >= 4 is 5.91 Å². The normalized spacial score (nSPS) is 11.1. The van der Waals surface area contributed by atoms with Gasteiger partial charge in [0.1, 0.15) is 0 Å². The van der Waals surface area contributed by atoms with Crippen LogP contribution in [-0.2, 0) is 0 Å². The quantitative estimate of drug-likeness (QED) is 0.785. The van der Waals surface area contributed by atoms with E-state index in [2.05, 4.69) is 27.7 Å². The van der Waals surface area contributed by atoms with E-state index in [0.29, 0.717) is 18.0 Å². The summed E-state index contributed by atoms with van der Waals surface area (Å²) in [4.78, 5) is 14.5. The molecular formula is C16H25NO3. The number of rotatable bonds is 6. The van der Waals surface area contributed by atoms with Gasteiger partial charge < -0.3 is 15.1 Å². The first kappa shape index (κ1) is 16.3. The molecule has 0 unspecified atom stereocenters. The number of phenols is 2. The highest BCUT2D eigenvalue weighted by molar-refractivity contribution is 5.95. The Kier molecular flexibility index (Phi) is 5.86. The molecule has 0 spiro atoms. The van der Waals surface area contributed by atoms with E-state index < -0.39 is 0 Å². The van der Waals surface area contributed by atoms with Gasteiger partial charge in [-0.1, -0.05) is 27.7 Å². The maximum absolute atomic E-state index is 12.6. The maximum Gasteiger partial charge on any atom is 0.254 e. The van der Waals surface area contributed by atoms with E-state index in [0.717, 1.165) is 12.8 Å². The summed E-state index contributed by atoms with van der Waals surface area (Å²) >= 11 is 0. The summed E-state index contributed by atoms with van der Waals surface area (Å²) in [6, 6.07) is 4.42. The van der Waals surface area contributed by atoms with Crippen molar-refractivity contribution in [2.75, 3.05) is 6.54 Å². The van der Waals surface area contributed by atoms with E-state index >= 15 is 0 Å². The molecule has 1 aromatic carbocycles. The van der Waals surface area contributed by atoms with Crippen LogP contribution in [0.5, 0.6) is 11.5 Å². The second-order valence-electron chi connectivity index (χ2n) is 5.53. The third kappa shape index (κ3) is 3.89. The Labute approximate surface area is 121 Å². The lowest BCUT2D eigenvalue weighted by Crippen LogP contribution is -2.42. The number of hydrogen-bond donors (Lipinski definition) is 2. The molecule has 4 nitrogen and oxygen atoms in total. The average molecular weight is 279 g/mol. The molecule has 0 aliphatic rings. The zero-order valence-corrected chi connectivity index (χ0v) is 12.8. The number of nitrogens with zero attached hydrogens (tertiary/aromatic N) is 1. The van der Waals surface area contributed by atoms with Crippen molar-refractivity contribution in [3.05, 3.63) is 23.8 Å². The van der Waals surface area contributed by atoms with Gasteiger partial charge in [-0.15, -0.1) is 0 Å². The SMILES string of the molecule is CCC(CC)N(CC(C)C)C(=O)c1ccc(O)c(O)c1. The van der Waals surface area contributed by atoms with Crippen LogP contribution < -0.4 is 0 Å². The summed E-state index contributed by atoms with van der Waals surface area (Å²) in [5.41, 5.74) is 0.410. The minimum absolute atomic E-state index is 0.0947. The molecular weight excluding hydrogens is 254 g/mol. The van der Waals surface area contributed by atoms with Crippen LogP contribution in [0.2, 0.25) is 0 Å². The van der Waals surface area contributed by atoms with Crippen LogP contribution in [0, 0.1) is 5.92 Å². The zero-order valence-electron chi connectivity index (χ0n) is 12.8. The first-order valence-electron chi connectivity index (χ1n) is 7.23. The van der Waals surface area contributed by atoms with Crippen LogP contribution in [0.4, 0.5) is 0 Å². The van der Waals surface area contributed by atoms with Crippen molar-refractivity contribution in [3.63, 3.8) is 0 Å². The third-order valence-corrected chi connectivity index (χ3v) is 3.43. The lowest BCUT2D eigenvalue weighted by Gasteiger charge is -2.32. The van der Waals surface area contributed by atoms with E-state index in [4.69, 9.17) is 0 Å². The first-order chi connectivity index (χ1) is 9.40. The Balaban J connectivity index is 3.05. The van der Waals surface area contributed by atoms with Crippen LogP contribution >= 0.6 is 0 Å². The fourth-order valence-electron chi connectivity index (χ4n) is 2.34. The second-order valence-corrected chi connectivity index (χ2v) is 5.53.